The molecular weight excluding hydrogens is 314 g/mol. The van der Waals surface area contributed by atoms with E-state index in [-0.39, 0.29) is 18.2 Å². The normalized spacial score (nSPS) is 10.9. The van der Waals surface area contributed by atoms with Crippen LogP contribution in [0, 0.1) is 0 Å². The summed E-state index contributed by atoms with van der Waals surface area (Å²) in [6, 6.07) is 6.69. The van der Waals surface area contributed by atoms with E-state index >= 15 is 0 Å². The Balaban J connectivity index is 0.00000225. The van der Waals surface area contributed by atoms with Crippen molar-refractivity contribution >= 4 is 38.2 Å². The summed E-state index contributed by atoms with van der Waals surface area (Å²) in [6.07, 6.45) is 1.37. The van der Waals surface area contributed by atoms with Gasteiger partial charge in [0.05, 0.1) is 10.6 Å². The maximum atomic E-state index is 11.8. The van der Waals surface area contributed by atoms with Crippen LogP contribution in [-0.4, -0.2) is 20.7 Å². The van der Waals surface area contributed by atoms with E-state index in [0.717, 1.165) is 10.9 Å². The molecule has 2 N–H and O–H groups in total. The third kappa shape index (κ3) is 4.82. The lowest BCUT2D eigenvalue weighted by Gasteiger charge is -2.03. The van der Waals surface area contributed by atoms with Gasteiger partial charge in [0.1, 0.15) is 0 Å². The summed E-state index contributed by atoms with van der Waals surface area (Å²) in [5.41, 5.74) is 5.32. The highest BCUT2D eigenvalue weighted by Gasteiger charge is 2.12. The van der Waals surface area contributed by atoms with Crippen molar-refractivity contribution in [3.63, 3.8) is 0 Å². The van der Waals surface area contributed by atoms with Gasteiger partial charge in [0.2, 0.25) is 0 Å². The van der Waals surface area contributed by atoms with Crippen molar-refractivity contribution in [3.05, 3.63) is 28.7 Å². The van der Waals surface area contributed by atoms with Crippen LogP contribution in [0.1, 0.15) is 12.8 Å². The Morgan fingerprint density at radius 2 is 1.69 bits per heavy atom. The molecule has 92 valence electrons. The molecule has 0 spiro atoms. The topological polar surface area (TPSA) is 60.2 Å². The van der Waals surface area contributed by atoms with Crippen LogP contribution in [0.4, 0.5) is 0 Å². The molecule has 0 atom stereocenters. The molecule has 0 bridgehead atoms. The van der Waals surface area contributed by atoms with E-state index < -0.39 is 9.84 Å². The van der Waals surface area contributed by atoms with Gasteiger partial charge >= 0.3 is 0 Å². The van der Waals surface area contributed by atoms with Crippen molar-refractivity contribution in [2.45, 2.75) is 17.7 Å². The first-order valence-electron chi connectivity index (χ1n) is 4.74. The third-order valence-corrected chi connectivity index (χ3v) is 4.39. The zero-order valence-corrected chi connectivity index (χ0v) is 11.9. The van der Waals surface area contributed by atoms with Crippen molar-refractivity contribution in [1.29, 1.82) is 0 Å². The molecule has 0 aliphatic rings. The smallest absolute Gasteiger partial charge is 0.178 e. The Hall–Kier alpha value is -0.100. The maximum Gasteiger partial charge on any atom is 0.178 e. The lowest BCUT2D eigenvalue weighted by molar-refractivity contribution is 0.592. The number of nitrogens with two attached hydrogens (primary N) is 1. The number of unbranched alkanes of at least 4 members (excludes halogenated alkanes) is 1. The van der Waals surface area contributed by atoms with E-state index in [1.54, 1.807) is 24.3 Å². The summed E-state index contributed by atoms with van der Waals surface area (Å²) in [5, 5.41) is 0. The zero-order valence-electron chi connectivity index (χ0n) is 8.73. The minimum absolute atomic E-state index is 0. The number of hydrogen-bond acceptors (Lipinski definition) is 3. The highest BCUT2D eigenvalue weighted by molar-refractivity contribution is 9.10. The lowest BCUT2D eigenvalue weighted by Crippen LogP contribution is -2.08. The van der Waals surface area contributed by atoms with Gasteiger partial charge in [-0.3, -0.25) is 0 Å². The average molecular weight is 329 g/mol. The molecule has 0 saturated heterocycles. The predicted octanol–water partition coefficient (Wildman–Crippen LogP) is 2.38. The van der Waals surface area contributed by atoms with Crippen molar-refractivity contribution < 1.29 is 8.42 Å². The Morgan fingerprint density at radius 1 is 1.12 bits per heavy atom. The van der Waals surface area contributed by atoms with Crippen LogP contribution < -0.4 is 5.73 Å². The molecule has 6 heteroatoms. The molecule has 3 nitrogen and oxygen atoms in total. The molecule has 1 rings (SSSR count). The van der Waals surface area contributed by atoms with Gasteiger partial charge in [-0.25, -0.2) is 8.42 Å². The number of rotatable bonds is 5. The van der Waals surface area contributed by atoms with E-state index in [4.69, 9.17) is 5.73 Å². The number of benzene rings is 1. The van der Waals surface area contributed by atoms with Crippen LogP contribution in [0.25, 0.3) is 0 Å². The van der Waals surface area contributed by atoms with E-state index in [2.05, 4.69) is 15.9 Å². The second-order valence-corrected chi connectivity index (χ2v) is 6.29. The molecule has 0 aliphatic heterocycles. The second-order valence-electron chi connectivity index (χ2n) is 3.27. The summed E-state index contributed by atoms with van der Waals surface area (Å²) >= 11 is 3.26. The van der Waals surface area contributed by atoms with Crippen molar-refractivity contribution in [1.82, 2.24) is 0 Å². The van der Waals surface area contributed by atoms with Gasteiger partial charge in [-0.2, -0.15) is 0 Å². The summed E-state index contributed by atoms with van der Waals surface area (Å²) in [6.45, 7) is 0.538. The molecule has 0 unspecified atom stereocenters. The van der Waals surface area contributed by atoms with Crippen molar-refractivity contribution in [3.8, 4) is 0 Å². The predicted molar refractivity (Wildman–Crippen MR) is 71.7 cm³/mol. The summed E-state index contributed by atoms with van der Waals surface area (Å²) in [5.74, 6) is 0.172. The quantitative estimate of drug-likeness (QED) is 0.844. The second kappa shape index (κ2) is 7.27. The number of halogens is 2. The monoisotopic (exact) mass is 327 g/mol. The van der Waals surface area contributed by atoms with Gasteiger partial charge in [0.25, 0.3) is 0 Å². The van der Waals surface area contributed by atoms with Crippen LogP contribution >= 0.6 is 28.3 Å². The molecular formula is C10H15BrClNO2S. The molecule has 0 fully saturated rings. The van der Waals surface area contributed by atoms with E-state index in [0.29, 0.717) is 17.9 Å². The molecule has 0 saturated carbocycles. The molecule has 1 aromatic rings. The van der Waals surface area contributed by atoms with Crippen LogP contribution in [0.15, 0.2) is 33.6 Å². The van der Waals surface area contributed by atoms with Gasteiger partial charge in [0, 0.05) is 4.47 Å². The Kier molecular flexibility index (Phi) is 7.22. The molecule has 0 radical (unpaired) electrons. The van der Waals surface area contributed by atoms with Gasteiger partial charge in [0.15, 0.2) is 9.84 Å². The Bertz CT molecular complexity index is 405. The molecule has 0 heterocycles. The first-order valence-corrected chi connectivity index (χ1v) is 7.19. The largest absolute Gasteiger partial charge is 0.330 e. The Labute approximate surface area is 111 Å². The molecule has 1 aromatic carbocycles. The zero-order chi connectivity index (χ0) is 11.3. The van der Waals surface area contributed by atoms with Crippen LogP contribution in [-0.2, 0) is 9.84 Å². The first-order chi connectivity index (χ1) is 7.06. The Morgan fingerprint density at radius 3 is 2.19 bits per heavy atom. The molecule has 0 aliphatic carbocycles. The van der Waals surface area contributed by atoms with Crippen molar-refractivity contribution in [2.24, 2.45) is 5.73 Å². The highest BCUT2D eigenvalue weighted by Crippen LogP contribution is 2.16. The highest BCUT2D eigenvalue weighted by atomic mass is 79.9. The summed E-state index contributed by atoms with van der Waals surface area (Å²) in [7, 11) is -3.13. The standard InChI is InChI=1S/C10H14BrNO2S.ClH/c11-9-3-5-10(6-4-9)15(13,14)8-2-1-7-12;/h3-6H,1-2,7-8,12H2;1H. The fourth-order valence-electron chi connectivity index (χ4n) is 1.20. The van der Waals surface area contributed by atoms with Gasteiger partial charge in [-0.1, -0.05) is 15.9 Å². The van der Waals surface area contributed by atoms with Crippen LogP contribution in [0.3, 0.4) is 0 Å². The van der Waals surface area contributed by atoms with Crippen LogP contribution in [0.5, 0.6) is 0 Å². The maximum absolute atomic E-state index is 11.8. The lowest BCUT2D eigenvalue weighted by atomic mass is 10.3. The average Bonchev–Trinajstić information content (AvgIpc) is 2.18. The van der Waals surface area contributed by atoms with Gasteiger partial charge in [-0.15, -0.1) is 12.4 Å². The van der Waals surface area contributed by atoms with E-state index in [1.165, 1.54) is 0 Å². The molecule has 0 aromatic heterocycles. The molecule has 16 heavy (non-hydrogen) atoms. The van der Waals surface area contributed by atoms with Gasteiger partial charge in [-0.05, 0) is 43.7 Å². The van der Waals surface area contributed by atoms with E-state index in [1.807, 2.05) is 0 Å². The SMILES string of the molecule is Cl.NCCCCS(=O)(=O)c1ccc(Br)cc1. The van der Waals surface area contributed by atoms with Gasteiger partial charge < -0.3 is 5.73 Å². The summed E-state index contributed by atoms with van der Waals surface area (Å²) < 4.78 is 24.4. The first kappa shape index (κ1) is 15.9. The number of hydrogen-bond donors (Lipinski definition) is 1. The van der Waals surface area contributed by atoms with Crippen LogP contribution in [0.2, 0.25) is 0 Å². The van der Waals surface area contributed by atoms with Crippen molar-refractivity contribution in [2.75, 3.05) is 12.3 Å². The van der Waals surface area contributed by atoms with E-state index in [9.17, 15) is 8.42 Å². The molecule has 0 amide bonds. The fourth-order valence-corrected chi connectivity index (χ4v) is 2.83. The minimum Gasteiger partial charge on any atom is -0.330 e. The summed E-state index contributed by atoms with van der Waals surface area (Å²) in [4.78, 5) is 0.378. The minimum atomic E-state index is -3.13. The fraction of sp³-hybridized carbons (Fsp3) is 0.400. The third-order valence-electron chi connectivity index (χ3n) is 2.04. The number of sulfone groups is 1.